The third-order valence-electron chi connectivity index (χ3n) is 6.39. The van der Waals surface area contributed by atoms with Gasteiger partial charge in [-0.05, 0) is 38.5 Å². The van der Waals surface area contributed by atoms with E-state index >= 15 is 0 Å². The normalized spacial score (nSPS) is 29.0. The van der Waals surface area contributed by atoms with Crippen LogP contribution in [0.2, 0.25) is 0 Å². The van der Waals surface area contributed by atoms with Crippen LogP contribution in [-0.4, -0.2) is 51.7 Å². The third-order valence-corrected chi connectivity index (χ3v) is 6.39. The Morgan fingerprint density at radius 3 is 2.36 bits per heavy atom. The van der Waals surface area contributed by atoms with Crippen molar-refractivity contribution in [2.45, 2.75) is 52.6 Å². The van der Waals surface area contributed by atoms with Crippen molar-refractivity contribution in [2.24, 2.45) is 17.8 Å². The molecule has 5 nitrogen and oxygen atoms in total. The first-order valence-corrected chi connectivity index (χ1v) is 9.71. The minimum atomic E-state index is 0. The Hall–Kier alpha value is -1.07. The molecule has 0 N–H and O–H groups in total. The summed E-state index contributed by atoms with van der Waals surface area (Å²) in [5.74, 6) is 2.30. The van der Waals surface area contributed by atoms with Gasteiger partial charge < -0.3 is 4.90 Å². The van der Waals surface area contributed by atoms with Crippen molar-refractivity contribution in [1.82, 2.24) is 19.6 Å². The van der Waals surface area contributed by atoms with Crippen LogP contribution in [0.25, 0.3) is 0 Å². The zero-order chi connectivity index (χ0) is 16.7. The summed E-state index contributed by atoms with van der Waals surface area (Å²) in [6.07, 6.45) is 7.43. The highest BCUT2D eigenvalue weighted by molar-refractivity contribution is 5.85. The number of aromatic nitrogens is 2. The minimum absolute atomic E-state index is 0. The summed E-state index contributed by atoms with van der Waals surface area (Å²) in [7, 11) is 0. The molecule has 3 fully saturated rings. The number of nitrogens with zero attached hydrogens (tertiary/aromatic N) is 4. The minimum Gasteiger partial charge on any atom is -0.340 e. The molecule has 1 aliphatic heterocycles. The molecule has 4 rings (SSSR count). The highest BCUT2D eigenvalue weighted by Gasteiger charge is 2.55. The van der Waals surface area contributed by atoms with Gasteiger partial charge in [-0.3, -0.25) is 14.4 Å². The maximum Gasteiger partial charge on any atom is 0.226 e. The second-order valence-electron chi connectivity index (χ2n) is 7.83. The molecule has 1 saturated heterocycles. The number of halogens is 1. The molecule has 0 bridgehead atoms. The summed E-state index contributed by atoms with van der Waals surface area (Å²) in [5, 5.41) is 4.54. The number of aryl methyl sites for hydroxylation is 2. The van der Waals surface area contributed by atoms with Gasteiger partial charge >= 0.3 is 0 Å². The van der Waals surface area contributed by atoms with Crippen LogP contribution in [-0.2, 0) is 17.9 Å². The lowest BCUT2D eigenvalue weighted by atomic mass is 10.0. The van der Waals surface area contributed by atoms with E-state index in [-0.39, 0.29) is 12.4 Å². The number of carbonyl (C=O) groups excluding carboxylic acids is 1. The summed E-state index contributed by atoms with van der Waals surface area (Å²) < 4.78 is 2.01. The Balaban J connectivity index is 0.00000182. The van der Waals surface area contributed by atoms with Gasteiger partial charge in [-0.2, -0.15) is 5.10 Å². The highest BCUT2D eigenvalue weighted by Crippen LogP contribution is 2.56. The molecule has 0 radical (unpaired) electrons. The molecule has 25 heavy (non-hydrogen) atoms. The van der Waals surface area contributed by atoms with Crippen LogP contribution in [0, 0.1) is 24.7 Å². The molecule has 0 spiro atoms. The number of hydrogen-bond donors (Lipinski definition) is 0. The van der Waals surface area contributed by atoms with E-state index in [4.69, 9.17) is 0 Å². The predicted octanol–water partition coefficient (Wildman–Crippen LogP) is 2.71. The Morgan fingerprint density at radius 1 is 1.16 bits per heavy atom. The highest BCUT2D eigenvalue weighted by atomic mass is 35.5. The van der Waals surface area contributed by atoms with E-state index in [1.807, 2.05) is 4.68 Å². The lowest BCUT2D eigenvalue weighted by Gasteiger charge is -2.35. The summed E-state index contributed by atoms with van der Waals surface area (Å²) in [5.41, 5.74) is 2.46. The van der Waals surface area contributed by atoms with Crippen LogP contribution < -0.4 is 0 Å². The smallest absolute Gasteiger partial charge is 0.226 e. The average Bonchev–Trinajstić information content (AvgIpc) is 3.24. The van der Waals surface area contributed by atoms with Crippen LogP contribution >= 0.6 is 12.4 Å². The number of amides is 1. The zero-order valence-corrected chi connectivity index (χ0v) is 16.3. The summed E-state index contributed by atoms with van der Waals surface area (Å²) in [4.78, 5) is 17.4. The van der Waals surface area contributed by atoms with E-state index in [9.17, 15) is 4.79 Å². The van der Waals surface area contributed by atoms with Gasteiger partial charge in [0.15, 0.2) is 0 Å². The fourth-order valence-corrected chi connectivity index (χ4v) is 4.81. The molecule has 6 heteroatoms. The van der Waals surface area contributed by atoms with Gasteiger partial charge in [0.2, 0.25) is 5.91 Å². The van der Waals surface area contributed by atoms with Crippen LogP contribution in [0.4, 0.5) is 0 Å². The first-order chi connectivity index (χ1) is 11.7. The van der Waals surface area contributed by atoms with Crippen molar-refractivity contribution in [3.8, 4) is 0 Å². The maximum atomic E-state index is 12.8. The first kappa shape index (κ1) is 18.7. The van der Waals surface area contributed by atoms with Crippen LogP contribution in [0.1, 0.15) is 43.9 Å². The Morgan fingerprint density at radius 2 is 1.80 bits per heavy atom. The van der Waals surface area contributed by atoms with Crippen LogP contribution in [0.15, 0.2) is 6.20 Å². The average molecular weight is 367 g/mol. The fraction of sp³-hybridized carbons (Fsp3) is 0.789. The molecule has 0 aromatic carbocycles. The van der Waals surface area contributed by atoms with E-state index in [2.05, 4.69) is 34.9 Å². The van der Waals surface area contributed by atoms with Gasteiger partial charge in [-0.1, -0.05) is 12.8 Å². The SMILES string of the molecule is CCn1cc(CN2CCN(C(=O)C3C4CCCCC43)CC2)c(C)n1.Cl. The van der Waals surface area contributed by atoms with E-state index in [0.29, 0.717) is 11.8 Å². The zero-order valence-electron chi connectivity index (χ0n) is 15.5. The van der Waals surface area contributed by atoms with Crippen molar-refractivity contribution in [3.63, 3.8) is 0 Å². The van der Waals surface area contributed by atoms with E-state index in [1.54, 1.807) is 0 Å². The van der Waals surface area contributed by atoms with Crippen LogP contribution in [0.5, 0.6) is 0 Å². The largest absolute Gasteiger partial charge is 0.340 e. The molecular weight excluding hydrogens is 336 g/mol. The number of piperazine rings is 1. The van der Waals surface area contributed by atoms with Crippen molar-refractivity contribution < 1.29 is 4.79 Å². The van der Waals surface area contributed by atoms with Gasteiger partial charge in [0.05, 0.1) is 5.69 Å². The molecule has 2 unspecified atom stereocenters. The molecule has 140 valence electrons. The lowest BCUT2D eigenvalue weighted by Crippen LogP contribution is -2.49. The summed E-state index contributed by atoms with van der Waals surface area (Å²) >= 11 is 0. The van der Waals surface area contributed by atoms with Gasteiger partial charge in [0, 0.05) is 56.9 Å². The number of rotatable bonds is 4. The molecule has 1 amide bonds. The molecular formula is C19H31ClN4O. The van der Waals surface area contributed by atoms with Crippen molar-refractivity contribution >= 4 is 18.3 Å². The predicted molar refractivity (Wildman–Crippen MR) is 101 cm³/mol. The van der Waals surface area contributed by atoms with Crippen molar-refractivity contribution in [2.75, 3.05) is 26.2 Å². The van der Waals surface area contributed by atoms with Gasteiger partial charge in [0.25, 0.3) is 0 Å². The molecule has 1 aromatic heterocycles. The van der Waals surface area contributed by atoms with E-state index < -0.39 is 0 Å². The van der Waals surface area contributed by atoms with Gasteiger partial charge in [-0.25, -0.2) is 0 Å². The van der Waals surface area contributed by atoms with Crippen LogP contribution in [0.3, 0.4) is 0 Å². The first-order valence-electron chi connectivity index (χ1n) is 9.71. The molecule has 2 atom stereocenters. The molecule has 3 aliphatic rings. The monoisotopic (exact) mass is 366 g/mol. The molecule has 2 aliphatic carbocycles. The number of carbonyl (C=O) groups is 1. The van der Waals surface area contributed by atoms with E-state index in [0.717, 1.165) is 56.8 Å². The summed E-state index contributed by atoms with van der Waals surface area (Å²) in [6.45, 7) is 9.88. The second-order valence-corrected chi connectivity index (χ2v) is 7.83. The lowest BCUT2D eigenvalue weighted by molar-refractivity contribution is -0.135. The molecule has 2 heterocycles. The quantitative estimate of drug-likeness (QED) is 0.822. The van der Waals surface area contributed by atoms with Gasteiger partial charge in [-0.15, -0.1) is 12.4 Å². The molecule has 2 saturated carbocycles. The summed E-state index contributed by atoms with van der Waals surface area (Å²) in [6, 6.07) is 0. The third kappa shape index (κ3) is 3.72. The maximum absolute atomic E-state index is 12.8. The topological polar surface area (TPSA) is 41.4 Å². The van der Waals surface area contributed by atoms with Crippen molar-refractivity contribution in [1.29, 1.82) is 0 Å². The van der Waals surface area contributed by atoms with Gasteiger partial charge in [0.1, 0.15) is 0 Å². The standard InChI is InChI=1S/C19H30N4O.ClH/c1-3-23-13-15(14(2)20-23)12-21-8-10-22(11-9-21)19(24)18-16-6-4-5-7-17(16)18;/h13,16-18H,3-12H2,1-2H3;1H. The molecule has 1 aromatic rings. The fourth-order valence-electron chi connectivity index (χ4n) is 4.81. The second kappa shape index (κ2) is 7.67. The van der Waals surface area contributed by atoms with E-state index in [1.165, 1.54) is 31.2 Å². The Labute approximate surface area is 157 Å². The Kier molecular flexibility index (Phi) is 5.74. The number of hydrogen-bond acceptors (Lipinski definition) is 3. The van der Waals surface area contributed by atoms with Crippen molar-refractivity contribution in [3.05, 3.63) is 17.5 Å². The number of fused-ring (bicyclic) bond motifs is 1. The Bertz CT molecular complexity index is 597.